The second-order valence-corrected chi connectivity index (χ2v) is 10.6. The predicted molar refractivity (Wildman–Crippen MR) is 153 cm³/mol. The number of imidazole rings is 1. The molecule has 5 aromatic rings. The third-order valence-corrected chi connectivity index (χ3v) is 7.95. The summed E-state index contributed by atoms with van der Waals surface area (Å²) in [6, 6.07) is 22.1. The fraction of sp³-hybridized carbons (Fsp3) is 0.194. The number of nitrogens with zero attached hydrogens (tertiary/aromatic N) is 2. The van der Waals surface area contributed by atoms with E-state index in [1.165, 1.54) is 11.1 Å². The summed E-state index contributed by atoms with van der Waals surface area (Å²) >= 11 is 12.6. The number of carbonyl (C=O) groups excluding carboxylic acids is 1. The predicted octanol–water partition coefficient (Wildman–Crippen LogP) is 8.59. The van der Waals surface area contributed by atoms with Crippen molar-refractivity contribution in [2.45, 2.75) is 39.7 Å². The van der Waals surface area contributed by atoms with Gasteiger partial charge >= 0.3 is 0 Å². The first-order chi connectivity index (χ1) is 17.9. The molecule has 1 aliphatic heterocycles. The van der Waals surface area contributed by atoms with Crippen LogP contribution >= 0.6 is 23.2 Å². The van der Waals surface area contributed by atoms with Crippen molar-refractivity contribution in [1.29, 1.82) is 0 Å². The van der Waals surface area contributed by atoms with Crippen molar-refractivity contribution >= 4 is 40.4 Å². The maximum atomic E-state index is 14.0. The fourth-order valence-corrected chi connectivity index (χ4v) is 5.65. The fourth-order valence-electron chi connectivity index (χ4n) is 5.35. The number of hydrogen-bond donors (Lipinski definition) is 1. The number of aryl methyl sites for hydroxylation is 4. The Labute approximate surface area is 226 Å². The third kappa shape index (κ3) is 4.24. The zero-order valence-electron chi connectivity index (χ0n) is 20.8. The lowest BCUT2D eigenvalue weighted by Gasteiger charge is -2.11. The first-order valence-corrected chi connectivity index (χ1v) is 13.3. The monoisotopic (exact) mass is 527 g/mol. The van der Waals surface area contributed by atoms with Crippen molar-refractivity contribution in [3.63, 3.8) is 0 Å². The Morgan fingerprint density at radius 3 is 2.22 bits per heavy atom. The average molecular weight is 528 g/mol. The number of rotatable bonds is 4. The van der Waals surface area contributed by atoms with Gasteiger partial charge in [-0.25, -0.2) is 0 Å². The standard InChI is InChI=1S/C31H27Cl2N3O/c1-19-6-10-21(11-7-19)28-24-5-3-4-16-35-27(22-12-15-25(32)26(33)17-22)18-36(31(24)35)29(28)30(37)34-23-13-8-20(2)9-14-23/h6-15,17-18H,3-5,16H2,1-2H3,(H,34,37). The lowest BCUT2D eigenvalue weighted by molar-refractivity contribution is 0.102. The zero-order valence-corrected chi connectivity index (χ0v) is 22.3. The molecule has 0 radical (unpaired) electrons. The molecule has 37 heavy (non-hydrogen) atoms. The maximum absolute atomic E-state index is 14.0. The highest BCUT2D eigenvalue weighted by atomic mass is 35.5. The highest BCUT2D eigenvalue weighted by molar-refractivity contribution is 6.42. The molecule has 0 atom stereocenters. The molecule has 0 aliphatic carbocycles. The molecule has 0 bridgehead atoms. The first kappa shape index (κ1) is 23.9. The molecule has 0 unspecified atom stereocenters. The van der Waals surface area contributed by atoms with Crippen molar-refractivity contribution in [1.82, 2.24) is 8.97 Å². The SMILES string of the molecule is Cc1ccc(NC(=O)c2c(-c3ccc(C)cc3)c3c4n(c(-c5ccc(Cl)c(Cl)c5)cn24)CCCC3)cc1. The van der Waals surface area contributed by atoms with E-state index in [1.54, 1.807) is 0 Å². The molecule has 1 amide bonds. The van der Waals surface area contributed by atoms with E-state index in [0.29, 0.717) is 15.7 Å². The summed E-state index contributed by atoms with van der Waals surface area (Å²) < 4.78 is 4.42. The van der Waals surface area contributed by atoms with Crippen LogP contribution in [0.5, 0.6) is 0 Å². The van der Waals surface area contributed by atoms with Gasteiger partial charge in [0.25, 0.3) is 5.91 Å². The van der Waals surface area contributed by atoms with Crippen molar-refractivity contribution in [2.75, 3.05) is 5.32 Å². The normalized spacial score (nSPS) is 13.1. The number of nitrogens with one attached hydrogen (secondary N) is 1. The molecule has 0 saturated carbocycles. The molecule has 0 saturated heterocycles. The Kier molecular flexibility index (Phi) is 6.10. The van der Waals surface area contributed by atoms with Gasteiger partial charge in [0.05, 0.1) is 15.7 Å². The Morgan fingerprint density at radius 2 is 1.51 bits per heavy atom. The molecular weight excluding hydrogens is 501 g/mol. The summed E-state index contributed by atoms with van der Waals surface area (Å²) in [4.78, 5) is 14.0. The zero-order chi connectivity index (χ0) is 25.7. The van der Waals surface area contributed by atoms with E-state index >= 15 is 0 Å². The van der Waals surface area contributed by atoms with Crippen molar-refractivity contribution < 1.29 is 4.79 Å². The van der Waals surface area contributed by atoms with Gasteiger partial charge in [-0.3, -0.25) is 9.20 Å². The second kappa shape index (κ2) is 9.44. The lowest BCUT2D eigenvalue weighted by Crippen LogP contribution is -2.15. The molecule has 6 rings (SSSR count). The molecule has 2 aromatic heterocycles. The Morgan fingerprint density at radius 1 is 0.838 bits per heavy atom. The molecule has 4 nitrogen and oxygen atoms in total. The number of aromatic nitrogens is 2. The highest BCUT2D eigenvalue weighted by Gasteiger charge is 2.29. The van der Waals surface area contributed by atoms with Gasteiger partial charge < -0.3 is 9.88 Å². The van der Waals surface area contributed by atoms with Crippen molar-refractivity contribution in [3.8, 4) is 22.4 Å². The van der Waals surface area contributed by atoms with E-state index in [9.17, 15) is 4.79 Å². The van der Waals surface area contributed by atoms with Crippen LogP contribution in [0.1, 0.15) is 40.0 Å². The van der Waals surface area contributed by atoms with Crippen molar-refractivity contribution in [2.24, 2.45) is 0 Å². The Hall–Kier alpha value is -3.47. The van der Waals surface area contributed by atoms with Gasteiger partial charge in [-0.05, 0) is 62.9 Å². The number of hydrogen-bond acceptors (Lipinski definition) is 1. The number of anilines is 1. The average Bonchev–Trinajstić information content (AvgIpc) is 3.30. The van der Waals surface area contributed by atoms with Gasteiger partial charge in [0, 0.05) is 35.1 Å². The molecule has 6 heteroatoms. The molecule has 3 aromatic carbocycles. The first-order valence-electron chi connectivity index (χ1n) is 12.6. The van der Waals surface area contributed by atoms with Crippen LogP contribution in [0.25, 0.3) is 28.0 Å². The minimum absolute atomic E-state index is 0.126. The van der Waals surface area contributed by atoms with Gasteiger partial charge in [-0.2, -0.15) is 0 Å². The summed E-state index contributed by atoms with van der Waals surface area (Å²) in [5, 5.41) is 4.20. The van der Waals surface area contributed by atoms with Crippen LogP contribution in [-0.2, 0) is 13.0 Å². The Bertz CT molecular complexity index is 1640. The van der Waals surface area contributed by atoms with Crippen LogP contribution in [0.4, 0.5) is 5.69 Å². The maximum Gasteiger partial charge on any atom is 0.273 e. The minimum Gasteiger partial charge on any atom is -0.325 e. The number of carbonyl (C=O) groups is 1. The van der Waals surface area contributed by atoms with E-state index in [-0.39, 0.29) is 5.91 Å². The van der Waals surface area contributed by atoms with Crippen LogP contribution < -0.4 is 5.32 Å². The summed E-state index contributed by atoms with van der Waals surface area (Å²) in [5.41, 5.74) is 10.1. The van der Waals surface area contributed by atoms with E-state index in [0.717, 1.165) is 65.1 Å². The van der Waals surface area contributed by atoms with Gasteiger partial charge in [0.15, 0.2) is 0 Å². The molecule has 1 aliphatic rings. The summed E-state index contributed by atoms with van der Waals surface area (Å²) in [5.74, 6) is -0.126. The molecule has 0 spiro atoms. The van der Waals surface area contributed by atoms with Crippen LogP contribution in [0.3, 0.4) is 0 Å². The largest absolute Gasteiger partial charge is 0.325 e. The molecule has 186 valence electrons. The molecule has 3 heterocycles. The molecule has 0 fully saturated rings. The third-order valence-electron chi connectivity index (χ3n) is 7.21. The molecular formula is C31H27Cl2N3O. The van der Waals surface area contributed by atoms with Gasteiger partial charge in [0.2, 0.25) is 0 Å². The second-order valence-electron chi connectivity index (χ2n) is 9.83. The summed E-state index contributed by atoms with van der Waals surface area (Å²) in [7, 11) is 0. The summed E-state index contributed by atoms with van der Waals surface area (Å²) in [6.07, 6.45) is 5.10. The van der Waals surface area contributed by atoms with E-state index < -0.39 is 0 Å². The van der Waals surface area contributed by atoms with Crippen LogP contribution in [0, 0.1) is 13.8 Å². The quantitative estimate of drug-likeness (QED) is 0.249. The van der Waals surface area contributed by atoms with E-state index in [4.69, 9.17) is 23.2 Å². The number of halogens is 2. The summed E-state index contributed by atoms with van der Waals surface area (Å²) in [6.45, 7) is 4.99. The van der Waals surface area contributed by atoms with Gasteiger partial charge in [-0.15, -0.1) is 0 Å². The topological polar surface area (TPSA) is 38.4 Å². The van der Waals surface area contributed by atoms with E-state index in [1.807, 2.05) is 49.4 Å². The Balaban J connectivity index is 1.60. The van der Waals surface area contributed by atoms with Gasteiger partial charge in [-0.1, -0.05) is 76.8 Å². The van der Waals surface area contributed by atoms with Crippen LogP contribution in [-0.4, -0.2) is 14.9 Å². The molecule has 1 N–H and O–H groups in total. The van der Waals surface area contributed by atoms with Gasteiger partial charge in [0.1, 0.15) is 11.3 Å². The smallest absolute Gasteiger partial charge is 0.273 e. The van der Waals surface area contributed by atoms with Crippen LogP contribution in [0.2, 0.25) is 10.0 Å². The number of benzene rings is 3. The van der Waals surface area contributed by atoms with Crippen LogP contribution in [0.15, 0.2) is 72.9 Å². The van der Waals surface area contributed by atoms with Crippen molar-refractivity contribution in [3.05, 3.63) is 105 Å². The highest BCUT2D eigenvalue weighted by Crippen LogP contribution is 2.40. The van der Waals surface area contributed by atoms with E-state index in [2.05, 4.69) is 51.7 Å². The minimum atomic E-state index is -0.126. The lowest BCUT2D eigenvalue weighted by atomic mass is 9.97. The number of amides is 1.